The minimum absolute atomic E-state index is 0.0262. The molecule has 0 aromatic carbocycles. The van der Waals surface area contributed by atoms with Crippen LogP contribution in [0, 0.1) is 5.92 Å². The number of carbonyl (C=O) groups is 1. The first-order valence-corrected chi connectivity index (χ1v) is 7.59. The van der Waals surface area contributed by atoms with Gasteiger partial charge >= 0.3 is 0 Å². The van der Waals surface area contributed by atoms with Gasteiger partial charge in [-0.05, 0) is 30.4 Å². The molecule has 1 aliphatic rings. The maximum atomic E-state index is 12.7. The summed E-state index contributed by atoms with van der Waals surface area (Å²) in [4.78, 5) is 18.9. The highest BCUT2D eigenvalue weighted by Crippen LogP contribution is 2.22. The SMILES string of the molecule is CNc1cc(C(=O)N2CCC(C)C(O)C2)cc(C(C)C)n1. The molecule has 1 amide bonds. The standard InChI is InChI=1S/C16H25N3O2/c1-10(2)13-7-12(8-15(17-4)18-13)16(21)19-6-5-11(3)14(20)9-19/h7-8,10-11,14,20H,5-6,9H2,1-4H3,(H,17,18). The predicted octanol–water partition coefficient (Wildman–Crippen LogP) is 2.09. The summed E-state index contributed by atoms with van der Waals surface area (Å²) in [5.74, 6) is 1.19. The Kier molecular flexibility index (Phi) is 4.83. The molecule has 0 spiro atoms. The van der Waals surface area contributed by atoms with E-state index < -0.39 is 6.10 Å². The van der Waals surface area contributed by atoms with Crippen molar-refractivity contribution in [2.75, 3.05) is 25.5 Å². The van der Waals surface area contributed by atoms with Gasteiger partial charge in [-0.1, -0.05) is 20.8 Å². The summed E-state index contributed by atoms with van der Waals surface area (Å²) in [6.45, 7) is 7.25. The van der Waals surface area contributed by atoms with Crippen molar-refractivity contribution in [2.45, 2.75) is 39.2 Å². The van der Waals surface area contributed by atoms with Crippen molar-refractivity contribution in [2.24, 2.45) is 5.92 Å². The first-order valence-electron chi connectivity index (χ1n) is 7.59. The molecule has 2 unspecified atom stereocenters. The van der Waals surface area contributed by atoms with Gasteiger partial charge < -0.3 is 15.3 Å². The van der Waals surface area contributed by atoms with Gasteiger partial charge in [-0.25, -0.2) is 4.98 Å². The number of pyridine rings is 1. The van der Waals surface area contributed by atoms with E-state index >= 15 is 0 Å². The van der Waals surface area contributed by atoms with Gasteiger partial charge in [-0.15, -0.1) is 0 Å². The molecule has 0 bridgehead atoms. The van der Waals surface area contributed by atoms with Gasteiger partial charge in [0.05, 0.1) is 6.10 Å². The number of β-amino-alcohol motifs (C(OH)–C–C–N with tert-alkyl or cyclic N) is 1. The van der Waals surface area contributed by atoms with Gasteiger partial charge in [0, 0.05) is 31.4 Å². The number of aliphatic hydroxyl groups excluding tert-OH is 1. The van der Waals surface area contributed by atoms with Crippen molar-refractivity contribution < 1.29 is 9.90 Å². The second kappa shape index (κ2) is 6.43. The van der Waals surface area contributed by atoms with Gasteiger partial charge in [0.2, 0.25) is 0 Å². The zero-order chi connectivity index (χ0) is 15.6. The van der Waals surface area contributed by atoms with Crippen LogP contribution in [-0.2, 0) is 0 Å². The molecule has 1 saturated heterocycles. The van der Waals surface area contributed by atoms with Crippen molar-refractivity contribution in [1.82, 2.24) is 9.88 Å². The molecule has 1 aromatic rings. The summed E-state index contributed by atoms with van der Waals surface area (Å²) in [6.07, 6.45) is 0.409. The average molecular weight is 291 g/mol. The molecule has 2 rings (SSSR count). The summed E-state index contributed by atoms with van der Waals surface area (Å²) >= 11 is 0. The Balaban J connectivity index is 2.24. The molecule has 2 heterocycles. The molecule has 21 heavy (non-hydrogen) atoms. The van der Waals surface area contributed by atoms with E-state index in [1.54, 1.807) is 18.0 Å². The van der Waals surface area contributed by atoms with Crippen LogP contribution >= 0.6 is 0 Å². The summed E-state index contributed by atoms with van der Waals surface area (Å²) in [5.41, 5.74) is 1.54. The van der Waals surface area contributed by atoms with E-state index in [-0.39, 0.29) is 17.7 Å². The molecule has 0 radical (unpaired) electrons. The fraction of sp³-hybridized carbons (Fsp3) is 0.625. The molecular formula is C16H25N3O2. The Hall–Kier alpha value is -1.62. The van der Waals surface area contributed by atoms with Gasteiger partial charge in [-0.3, -0.25) is 4.79 Å². The molecule has 1 aromatic heterocycles. The summed E-state index contributed by atoms with van der Waals surface area (Å²) in [5, 5.41) is 13.0. The molecule has 5 nitrogen and oxygen atoms in total. The minimum Gasteiger partial charge on any atom is -0.391 e. The normalized spacial score (nSPS) is 22.5. The quantitative estimate of drug-likeness (QED) is 0.895. The largest absolute Gasteiger partial charge is 0.391 e. The third-order valence-electron chi connectivity index (χ3n) is 4.15. The van der Waals surface area contributed by atoms with Gasteiger partial charge in [0.15, 0.2) is 0 Å². The van der Waals surface area contributed by atoms with Crippen LogP contribution in [0.15, 0.2) is 12.1 Å². The number of piperidine rings is 1. The summed E-state index contributed by atoms with van der Waals surface area (Å²) in [7, 11) is 1.80. The van der Waals surface area contributed by atoms with E-state index in [4.69, 9.17) is 0 Å². The van der Waals surface area contributed by atoms with E-state index in [1.165, 1.54) is 0 Å². The zero-order valence-corrected chi connectivity index (χ0v) is 13.3. The van der Waals surface area contributed by atoms with Crippen LogP contribution in [0.4, 0.5) is 5.82 Å². The lowest BCUT2D eigenvalue weighted by molar-refractivity contribution is 0.0248. The van der Waals surface area contributed by atoms with E-state index in [0.29, 0.717) is 24.5 Å². The van der Waals surface area contributed by atoms with Crippen molar-refractivity contribution in [3.63, 3.8) is 0 Å². The van der Waals surface area contributed by atoms with Crippen LogP contribution < -0.4 is 5.32 Å². The third kappa shape index (κ3) is 3.53. The lowest BCUT2D eigenvalue weighted by Crippen LogP contribution is -2.45. The summed E-state index contributed by atoms with van der Waals surface area (Å²) < 4.78 is 0. The number of hydrogen-bond donors (Lipinski definition) is 2. The minimum atomic E-state index is -0.433. The molecule has 1 fully saturated rings. The van der Waals surface area contributed by atoms with E-state index in [0.717, 1.165) is 12.1 Å². The van der Waals surface area contributed by atoms with Crippen LogP contribution in [-0.4, -0.2) is 47.1 Å². The Labute approximate surface area is 126 Å². The second-order valence-electron chi connectivity index (χ2n) is 6.16. The summed E-state index contributed by atoms with van der Waals surface area (Å²) in [6, 6.07) is 3.64. The number of hydrogen-bond acceptors (Lipinski definition) is 4. The maximum absolute atomic E-state index is 12.7. The Bertz CT molecular complexity index is 516. The molecule has 2 N–H and O–H groups in total. The first kappa shape index (κ1) is 15.8. The number of aliphatic hydroxyl groups is 1. The van der Waals surface area contributed by atoms with Crippen molar-refractivity contribution in [3.8, 4) is 0 Å². The van der Waals surface area contributed by atoms with Crippen molar-refractivity contribution in [3.05, 3.63) is 23.4 Å². The lowest BCUT2D eigenvalue weighted by Gasteiger charge is -2.34. The number of amides is 1. The molecule has 1 aliphatic heterocycles. The van der Waals surface area contributed by atoms with Crippen LogP contribution in [0.3, 0.4) is 0 Å². The number of carbonyl (C=O) groups excluding carboxylic acids is 1. The fourth-order valence-electron chi connectivity index (χ4n) is 2.52. The molecule has 0 saturated carbocycles. The molecule has 5 heteroatoms. The van der Waals surface area contributed by atoms with Crippen LogP contribution in [0.5, 0.6) is 0 Å². The van der Waals surface area contributed by atoms with Crippen molar-refractivity contribution in [1.29, 1.82) is 0 Å². The van der Waals surface area contributed by atoms with Crippen LogP contribution in [0.2, 0.25) is 0 Å². The van der Waals surface area contributed by atoms with Crippen LogP contribution in [0.25, 0.3) is 0 Å². The lowest BCUT2D eigenvalue weighted by atomic mass is 9.95. The Morgan fingerprint density at radius 1 is 1.48 bits per heavy atom. The number of anilines is 1. The molecule has 2 atom stereocenters. The van der Waals surface area contributed by atoms with E-state index in [2.05, 4.69) is 24.1 Å². The number of nitrogens with one attached hydrogen (secondary N) is 1. The van der Waals surface area contributed by atoms with Gasteiger partial charge in [0.25, 0.3) is 5.91 Å². The molecular weight excluding hydrogens is 266 g/mol. The van der Waals surface area contributed by atoms with E-state index in [1.807, 2.05) is 13.0 Å². The number of aromatic nitrogens is 1. The first-order chi connectivity index (χ1) is 9.92. The smallest absolute Gasteiger partial charge is 0.254 e. The average Bonchev–Trinajstić information content (AvgIpc) is 2.48. The number of rotatable bonds is 3. The highest BCUT2D eigenvalue weighted by atomic mass is 16.3. The number of nitrogens with zero attached hydrogens (tertiary/aromatic N) is 2. The predicted molar refractivity (Wildman–Crippen MR) is 83.6 cm³/mol. The van der Waals surface area contributed by atoms with Gasteiger partial charge in [0.1, 0.15) is 5.82 Å². The third-order valence-corrected chi connectivity index (χ3v) is 4.15. The fourth-order valence-corrected chi connectivity index (χ4v) is 2.52. The number of likely N-dealkylation sites (tertiary alicyclic amines) is 1. The van der Waals surface area contributed by atoms with Crippen molar-refractivity contribution >= 4 is 11.7 Å². The van der Waals surface area contributed by atoms with Gasteiger partial charge in [-0.2, -0.15) is 0 Å². The van der Waals surface area contributed by atoms with Crippen LogP contribution in [0.1, 0.15) is 49.2 Å². The Morgan fingerprint density at radius 2 is 2.19 bits per heavy atom. The topological polar surface area (TPSA) is 65.5 Å². The maximum Gasteiger partial charge on any atom is 0.254 e. The Morgan fingerprint density at radius 3 is 2.76 bits per heavy atom. The molecule has 116 valence electrons. The zero-order valence-electron chi connectivity index (χ0n) is 13.3. The van der Waals surface area contributed by atoms with E-state index in [9.17, 15) is 9.90 Å². The highest BCUT2D eigenvalue weighted by molar-refractivity contribution is 5.95. The highest BCUT2D eigenvalue weighted by Gasteiger charge is 2.28. The monoisotopic (exact) mass is 291 g/mol. The molecule has 0 aliphatic carbocycles. The second-order valence-corrected chi connectivity index (χ2v) is 6.16.